The Morgan fingerprint density at radius 2 is 2.31 bits per heavy atom. The minimum Gasteiger partial charge on any atom is -0.330 e. The zero-order valence-electron chi connectivity index (χ0n) is 9.75. The van der Waals surface area contributed by atoms with Crippen LogP contribution in [0.15, 0.2) is 18.2 Å². The van der Waals surface area contributed by atoms with Gasteiger partial charge < -0.3 is 5.73 Å². The van der Waals surface area contributed by atoms with E-state index in [-0.39, 0.29) is 5.82 Å². The summed E-state index contributed by atoms with van der Waals surface area (Å²) < 4.78 is 13.1. The first-order chi connectivity index (χ1) is 7.69. The summed E-state index contributed by atoms with van der Waals surface area (Å²) in [5.74, 6) is 0.476. The quantitative estimate of drug-likeness (QED) is 0.846. The number of hydrogen-bond donors (Lipinski definition) is 1. The molecule has 0 aliphatic carbocycles. The molecule has 1 heterocycles. The number of nitrogens with two attached hydrogens (primary N) is 1. The summed E-state index contributed by atoms with van der Waals surface area (Å²) in [6.45, 7) is 5.77. The van der Waals surface area contributed by atoms with E-state index in [4.69, 9.17) is 5.73 Å². The van der Waals surface area contributed by atoms with Crippen molar-refractivity contribution in [3.8, 4) is 0 Å². The minimum atomic E-state index is -0.143. The van der Waals surface area contributed by atoms with Gasteiger partial charge in [0.2, 0.25) is 0 Å². The lowest BCUT2D eigenvalue weighted by atomic mass is 10.1. The van der Waals surface area contributed by atoms with Crippen LogP contribution >= 0.6 is 0 Å². The second-order valence-electron chi connectivity index (χ2n) is 4.70. The third-order valence-electron chi connectivity index (χ3n) is 3.41. The zero-order valence-corrected chi connectivity index (χ0v) is 9.75. The summed E-state index contributed by atoms with van der Waals surface area (Å²) in [6.07, 6.45) is 1.17. The molecule has 0 aromatic heterocycles. The smallest absolute Gasteiger partial charge is 0.123 e. The Bertz CT molecular complexity index is 365. The molecule has 0 radical (unpaired) electrons. The summed E-state index contributed by atoms with van der Waals surface area (Å²) in [5.41, 5.74) is 7.92. The molecule has 16 heavy (non-hydrogen) atoms. The number of likely N-dealkylation sites (tertiary alicyclic amines) is 1. The number of halogens is 1. The number of rotatable bonds is 3. The second-order valence-corrected chi connectivity index (χ2v) is 4.70. The van der Waals surface area contributed by atoms with Gasteiger partial charge in [-0.1, -0.05) is 6.07 Å². The van der Waals surface area contributed by atoms with Gasteiger partial charge in [-0.25, -0.2) is 4.39 Å². The molecule has 1 atom stereocenters. The lowest BCUT2D eigenvalue weighted by Gasteiger charge is -2.17. The molecular weight excluding hydrogens is 203 g/mol. The van der Waals surface area contributed by atoms with Crippen molar-refractivity contribution in [1.82, 2.24) is 4.90 Å². The molecule has 1 fully saturated rings. The summed E-state index contributed by atoms with van der Waals surface area (Å²) in [6, 6.07) is 5.01. The summed E-state index contributed by atoms with van der Waals surface area (Å²) in [7, 11) is 0. The van der Waals surface area contributed by atoms with Gasteiger partial charge in [0.25, 0.3) is 0 Å². The van der Waals surface area contributed by atoms with Crippen LogP contribution in [0.2, 0.25) is 0 Å². The molecule has 1 unspecified atom stereocenters. The van der Waals surface area contributed by atoms with Crippen LogP contribution in [0.25, 0.3) is 0 Å². The Hall–Kier alpha value is -0.930. The van der Waals surface area contributed by atoms with E-state index in [2.05, 4.69) is 4.90 Å². The Morgan fingerprint density at radius 3 is 3.00 bits per heavy atom. The molecule has 2 rings (SSSR count). The van der Waals surface area contributed by atoms with Gasteiger partial charge in [-0.2, -0.15) is 0 Å². The monoisotopic (exact) mass is 222 g/mol. The molecule has 2 nitrogen and oxygen atoms in total. The highest BCUT2D eigenvalue weighted by atomic mass is 19.1. The van der Waals surface area contributed by atoms with Crippen molar-refractivity contribution in [3.63, 3.8) is 0 Å². The second kappa shape index (κ2) is 4.93. The fraction of sp³-hybridized carbons (Fsp3) is 0.538. The van der Waals surface area contributed by atoms with Gasteiger partial charge in [0.1, 0.15) is 5.82 Å². The van der Waals surface area contributed by atoms with Crippen LogP contribution in [0.3, 0.4) is 0 Å². The molecule has 1 aromatic carbocycles. The van der Waals surface area contributed by atoms with Gasteiger partial charge >= 0.3 is 0 Å². The molecular formula is C13H19FN2. The SMILES string of the molecule is Cc1ccc(F)cc1CN1CCC(CN)C1. The van der Waals surface area contributed by atoms with E-state index in [1.54, 1.807) is 6.07 Å². The minimum absolute atomic E-state index is 0.143. The van der Waals surface area contributed by atoms with Crippen LogP contribution in [-0.2, 0) is 6.54 Å². The summed E-state index contributed by atoms with van der Waals surface area (Å²) in [4.78, 5) is 2.36. The van der Waals surface area contributed by atoms with E-state index in [1.807, 2.05) is 13.0 Å². The van der Waals surface area contributed by atoms with Crippen LogP contribution in [-0.4, -0.2) is 24.5 Å². The molecule has 1 aliphatic rings. The van der Waals surface area contributed by atoms with Crippen LogP contribution in [0.1, 0.15) is 17.5 Å². The van der Waals surface area contributed by atoms with Crippen molar-refractivity contribution in [2.75, 3.05) is 19.6 Å². The van der Waals surface area contributed by atoms with Gasteiger partial charge in [-0.05, 0) is 55.6 Å². The predicted molar refractivity (Wildman–Crippen MR) is 63.6 cm³/mol. The maximum atomic E-state index is 13.1. The Morgan fingerprint density at radius 1 is 1.50 bits per heavy atom. The summed E-state index contributed by atoms with van der Waals surface area (Å²) in [5, 5.41) is 0. The van der Waals surface area contributed by atoms with Crippen LogP contribution in [0, 0.1) is 18.7 Å². The highest BCUT2D eigenvalue weighted by Gasteiger charge is 2.21. The fourth-order valence-corrected chi connectivity index (χ4v) is 2.30. The van der Waals surface area contributed by atoms with E-state index >= 15 is 0 Å². The molecule has 0 bridgehead atoms. The molecule has 1 aliphatic heterocycles. The molecule has 3 heteroatoms. The first-order valence-electron chi connectivity index (χ1n) is 5.86. The maximum absolute atomic E-state index is 13.1. The standard InChI is InChI=1S/C13H19FN2/c1-10-2-3-13(14)6-12(10)9-16-5-4-11(7-15)8-16/h2-3,6,11H,4-5,7-9,15H2,1H3. The number of nitrogens with zero attached hydrogens (tertiary/aromatic N) is 1. The van der Waals surface area contributed by atoms with Gasteiger partial charge in [0.15, 0.2) is 0 Å². The van der Waals surface area contributed by atoms with Gasteiger partial charge in [-0.3, -0.25) is 4.90 Å². The molecule has 0 saturated carbocycles. The van der Waals surface area contributed by atoms with E-state index < -0.39 is 0 Å². The average Bonchev–Trinajstić information content (AvgIpc) is 2.71. The molecule has 1 aromatic rings. The third-order valence-corrected chi connectivity index (χ3v) is 3.41. The largest absolute Gasteiger partial charge is 0.330 e. The molecule has 88 valence electrons. The fourth-order valence-electron chi connectivity index (χ4n) is 2.30. The van der Waals surface area contributed by atoms with E-state index in [9.17, 15) is 4.39 Å². The number of benzene rings is 1. The van der Waals surface area contributed by atoms with Crippen molar-refractivity contribution >= 4 is 0 Å². The first kappa shape index (κ1) is 11.6. The van der Waals surface area contributed by atoms with Crippen molar-refractivity contribution in [1.29, 1.82) is 0 Å². The van der Waals surface area contributed by atoms with Crippen LogP contribution in [0.4, 0.5) is 4.39 Å². The topological polar surface area (TPSA) is 29.3 Å². The van der Waals surface area contributed by atoms with Crippen molar-refractivity contribution in [3.05, 3.63) is 35.1 Å². The Labute approximate surface area is 96.2 Å². The predicted octanol–water partition coefficient (Wildman–Crippen LogP) is 1.91. The van der Waals surface area contributed by atoms with Crippen LogP contribution in [0.5, 0.6) is 0 Å². The normalized spacial score (nSPS) is 21.6. The molecule has 0 spiro atoms. The molecule has 2 N–H and O–H groups in total. The van der Waals surface area contributed by atoms with E-state index in [0.29, 0.717) is 5.92 Å². The van der Waals surface area contributed by atoms with Crippen molar-refractivity contribution in [2.24, 2.45) is 11.7 Å². The molecule has 0 amide bonds. The van der Waals surface area contributed by atoms with E-state index in [0.717, 1.165) is 37.3 Å². The van der Waals surface area contributed by atoms with Crippen molar-refractivity contribution in [2.45, 2.75) is 19.9 Å². The maximum Gasteiger partial charge on any atom is 0.123 e. The van der Waals surface area contributed by atoms with Gasteiger partial charge in [-0.15, -0.1) is 0 Å². The third kappa shape index (κ3) is 2.60. The van der Waals surface area contributed by atoms with Crippen molar-refractivity contribution < 1.29 is 4.39 Å². The highest BCUT2D eigenvalue weighted by molar-refractivity contribution is 5.26. The molecule has 1 saturated heterocycles. The van der Waals surface area contributed by atoms with Gasteiger partial charge in [0.05, 0.1) is 0 Å². The Kier molecular flexibility index (Phi) is 3.56. The van der Waals surface area contributed by atoms with Crippen LogP contribution < -0.4 is 5.73 Å². The number of hydrogen-bond acceptors (Lipinski definition) is 2. The average molecular weight is 222 g/mol. The lowest BCUT2D eigenvalue weighted by Crippen LogP contribution is -2.23. The summed E-state index contributed by atoms with van der Waals surface area (Å²) >= 11 is 0. The van der Waals surface area contributed by atoms with E-state index in [1.165, 1.54) is 12.5 Å². The first-order valence-corrected chi connectivity index (χ1v) is 5.86. The zero-order chi connectivity index (χ0) is 11.5. The van der Waals surface area contributed by atoms with Gasteiger partial charge in [0, 0.05) is 13.1 Å². The lowest BCUT2D eigenvalue weighted by molar-refractivity contribution is 0.316. The highest BCUT2D eigenvalue weighted by Crippen LogP contribution is 2.19. The number of aryl methyl sites for hydroxylation is 1. The Balaban J connectivity index is 2.01.